The molecule has 3 aromatic rings. The molecule has 0 atom stereocenters. The van der Waals surface area contributed by atoms with E-state index >= 15 is 0 Å². The first-order chi connectivity index (χ1) is 11.1. The summed E-state index contributed by atoms with van der Waals surface area (Å²) in [5, 5.41) is 4.62. The van der Waals surface area contributed by atoms with Crippen molar-refractivity contribution in [1.29, 1.82) is 0 Å². The van der Waals surface area contributed by atoms with Crippen LogP contribution in [0.2, 0.25) is 0 Å². The van der Waals surface area contributed by atoms with Gasteiger partial charge in [-0.3, -0.25) is 15.0 Å². The number of carbonyl (C=O) groups excluding carboxylic acids is 1. The van der Waals surface area contributed by atoms with E-state index < -0.39 is 0 Å². The Hall–Kier alpha value is -2.96. The van der Waals surface area contributed by atoms with Crippen molar-refractivity contribution < 1.29 is 4.79 Å². The number of nitrogens with zero attached hydrogens (tertiary/aromatic N) is 4. The lowest BCUT2D eigenvalue weighted by Crippen LogP contribution is -2.33. The highest BCUT2D eigenvalue weighted by Crippen LogP contribution is 2.28. The van der Waals surface area contributed by atoms with Crippen LogP contribution in [0.25, 0.3) is 16.7 Å². The number of aryl methyl sites for hydroxylation is 1. The van der Waals surface area contributed by atoms with Gasteiger partial charge in [0.2, 0.25) is 5.91 Å². The molecule has 0 unspecified atom stereocenters. The number of hydrogen-bond donors (Lipinski definition) is 1. The molecule has 7 nitrogen and oxygen atoms in total. The van der Waals surface area contributed by atoms with Crippen LogP contribution in [0.3, 0.4) is 0 Å². The largest absolute Gasteiger partial charge is 0.283 e. The second kappa shape index (κ2) is 5.05. The smallest absolute Gasteiger partial charge is 0.273 e. The van der Waals surface area contributed by atoms with Crippen molar-refractivity contribution in [2.24, 2.45) is 5.92 Å². The van der Waals surface area contributed by atoms with Gasteiger partial charge in [-0.25, -0.2) is 14.3 Å². The summed E-state index contributed by atoms with van der Waals surface area (Å²) in [7, 11) is 0. The van der Waals surface area contributed by atoms with Gasteiger partial charge in [-0.2, -0.15) is 5.10 Å². The van der Waals surface area contributed by atoms with Crippen molar-refractivity contribution in [3.05, 3.63) is 52.7 Å². The molecule has 1 fully saturated rings. The Morgan fingerprint density at radius 2 is 2.00 bits per heavy atom. The summed E-state index contributed by atoms with van der Waals surface area (Å²) >= 11 is 0. The van der Waals surface area contributed by atoms with Gasteiger partial charge in [0.05, 0.1) is 11.9 Å². The number of aromatic nitrogens is 4. The zero-order valence-corrected chi connectivity index (χ0v) is 12.6. The van der Waals surface area contributed by atoms with E-state index in [4.69, 9.17) is 0 Å². The van der Waals surface area contributed by atoms with Crippen molar-refractivity contribution in [3.63, 3.8) is 0 Å². The first kappa shape index (κ1) is 13.7. The predicted octanol–water partition coefficient (Wildman–Crippen LogP) is 1.37. The van der Waals surface area contributed by atoms with E-state index in [1.54, 1.807) is 4.68 Å². The second-order valence-electron chi connectivity index (χ2n) is 5.80. The molecular weight excluding hydrogens is 294 g/mol. The molecule has 2 aromatic heterocycles. The van der Waals surface area contributed by atoms with Crippen LogP contribution < -0.4 is 11.0 Å². The van der Waals surface area contributed by atoms with E-state index in [9.17, 15) is 9.59 Å². The summed E-state index contributed by atoms with van der Waals surface area (Å²) in [4.78, 5) is 28.5. The summed E-state index contributed by atoms with van der Waals surface area (Å²) in [6.45, 7) is 2.00. The first-order valence-corrected chi connectivity index (χ1v) is 7.47. The van der Waals surface area contributed by atoms with Gasteiger partial charge in [-0.15, -0.1) is 0 Å². The van der Waals surface area contributed by atoms with Gasteiger partial charge in [0.25, 0.3) is 5.56 Å². The van der Waals surface area contributed by atoms with Crippen molar-refractivity contribution >= 4 is 16.9 Å². The third-order valence-electron chi connectivity index (χ3n) is 3.95. The second-order valence-corrected chi connectivity index (χ2v) is 5.80. The Labute approximate surface area is 131 Å². The highest BCUT2D eigenvalue weighted by atomic mass is 16.2. The van der Waals surface area contributed by atoms with E-state index in [1.807, 2.05) is 31.2 Å². The van der Waals surface area contributed by atoms with Gasteiger partial charge in [0, 0.05) is 5.92 Å². The lowest BCUT2D eigenvalue weighted by molar-refractivity contribution is -0.118. The molecule has 0 bridgehead atoms. The number of nitrogens with one attached hydrogen (secondary N) is 1. The van der Waals surface area contributed by atoms with Crippen LogP contribution >= 0.6 is 0 Å². The topological polar surface area (TPSA) is 81.8 Å². The fraction of sp³-hybridized carbons (Fsp3) is 0.250. The van der Waals surface area contributed by atoms with Crippen molar-refractivity contribution in [1.82, 2.24) is 19.4 Å². The van der Waals surface area contributed by atoms with Gasteiger partial charge in [-0.05, 0) is 31.9 Å². The average molecular weight is 309 g/mol. The number of amides is 1. The summed E-state index contributed by atoms with van der Waals surface area (Å²) in [6.07, 6.45) is 4.56. The fourth-order valence-corrected chi connectivity index (χ4v) is 2.42. The molecule has 116 valence electrons. The molecule has 1 N–H and O–H groups in total. The van der Waals surface area contributed by atoms with Crippen LogP contribution in [0, 0.1) is 12.8 Å². The Bertz CT molecular complexity index is 951. The van der Waals surface area contributed by atoms with Gasteiger partial charge in [0.1, 0.15) is 11.7 Å². The number of benzene rings is 1. The minimum atomic E-state index is -0.331. The van der Waals surface area contributed by atoms with Gasteiger partial charge in [0.15, 0.2) is 5.65 Å². The third kappa shape index (κ3) is 2.40. The van der Waals surface area contributed by atoms with E-state index in [0.29, 0.717) is 11.0 Å². The normalized spacial score (nSPS) is 14.1. The number of fused-ring (bicyclic) bond motifs is 1. The van der Waals surface area contributed by atoms with E-state index in [2.05, 4.69) is 15.5 Å². The molecular formula is C16H15N5O2. The maximum Gasteiger partial charge on any atom is 0.283 e. The van der Waals surface area contributed by atoms with Crippen molar-refractivity contribution in [2.45, 2.75) is 19.8 Å². The molecule has 1 aliphatic carbocycles. The van der Waals surface area contributed by atoms with Gasteiger partial charge < -0.3 is 0 Å². The van der Waals surface area contributed by atoms with Crippen LogP contribution in [0.5, 0.6) is 0 Å². The average Bonchev–Trinajstić information content (AvgIpc) is 3.31. The lowest BCUT2D eigenvalue weighted by atomic mass is 10.2. The molecule has 23 heavy (non-hydrogen) atoms. The maximum absolute atomic E-state index is 12.5. The molecule has 1 aliphatic rings. The van der Waals surface area contributed by atoms with E-state index in [0.717, 1.165) is 28.8 Å². The number of rotatable bonds is 3. The standard InChI is InChI=1S/C16H15N5O2/c1-10-2-6-12(7-3-10)21-14-13(8-18-21)16(23)20(9-17-14)19-15(22)11-4-5-11/h2-3,6-9,11H,4-5H2,1H3,(H,19,22). The molecule has 7 heteroatoms. The molecule has 4 rings (SSSR count). The Balaban J connectivity index is 1.75. The summed E-state index contributed by atoms with van der Waals surface area (Å²) < 4.78 is 2.74. The zero-order chi connectivity index (χ0) is 16.0. The van der Waals surface area contributed by atoms with Crippen molar-refractivity contribution in [3.8, 4) is 5.69 Å². The van der Waals surface area contributed by atoms with Crippen molar-refractivity contribution in [2.75, 3.05) is 5.43 Å². The van der Waals surface area contributed by atoms with Gasteiger partial charge in [-0.1, -0.05) is 17.7 Å². The summed E-state index contributed by atoms with van der Waals surface area (Å²) in [5.74, 6) is -0.118. The third-order valence-corrected chi connectivity index (χ3v) is 3.95. The fourth-order valence-electron chi connectivity index (χ4n) is 2.42. The Morgan fingerprint density at radius 3 is 2.70 bits per heavy atom. The van der Waals surface area contributed by atoms with Crippen LogP contribution in [0.15, 0.2) is 41.6 Å². The monoisotopic (exact) mass is 309 g/mol. The zero-order valence-electron chi connectivity index (χ0n) is 12.6. The van der Waals surface area contributed by atoms with Gasteiger partial charge >= 0.3 is 0 Å². The van der Waals surface area contributed by atoms with Crippen LogP contribution in [0.4, 0.5) is 0 Å². The van der Waals surface area contributed by atoms with Crippen LogP contribution in [-0.4, -0.2) is 25.3 Å². The quantitative estimate of drug-likeness (QED) is 0.792. The van der Waals surface area contributed by atoms with Crippen LogP contribution in [-0.2, 0) is 4.79 Å². The minimum absolute atomic E-state index is 0.0212. The predicted molar refractivity (Wildman–Crippen MR) is 85.0 cm³/mol. The molecule has 1 saturated carbocycles. The minimum Gasteiger partial charge on any atom is -0.273 e. The first-order valence-electron chi connectivity index (χ1n) is 7.47. The van der Waals surface area contributed by atoms with Crippen LogP contribution in [0.1, 0.15) is 18.4 Å². The summed E-state index contributed by atoms with van der Waals surface area (Å²) in [5.41, 5.74) is 4.70. The van der Waals surface area contributed by atoms with E-state index in [1.165, 1.54) is 12.5 Å². The summed E-state index contributed by atoms with van der Waals surface area (Å²) in [6, 6.07) is 7.79. The molecule has 0 aliphatic heterocycles. The Morgan fingerprint density at radius 1 is 1.26 bits per heavy atom. The Kier molecular flexibility index (Phi) is 3.00. The number of carbonyl (C=O) groups is 1. The maximum atomic E-state index is 12.5. The SMILES string of the molecule is Cc1ccc(-n2ncc3c(=O)n(NC(=O)C4CC4)cnc32)cc1. The molecule has 0 spiro atoms. The highest BCUT2D eigenvalue weighted by molar-refractivity contribution is 5.88. The lowest BCUT2D eigenvalue weighted by Gasteiger charge is -2.07. The number of hydrogen-bond acceptors (Lipinski definition) is 4. The highest BCUT2D eigenvalue weighted by Gasteiger charge is 2.30. The molecule has 0 radical (unpaired) electrons. The molecule has 0 saturated heterocycles. The molecule has 1 aromatic carbocycles. The molecule has 2 heterocycles. The van der Waals surface area contributed by atoms with E-state index in [-0.39, 0.29) is 17.4 Å². The molecule has 1 amide bonds.